The molecular formula is C13H14ClNO2. The number of carbonyl (C=O) groups is 1. The second-order valence-corrected chi connectivity index (χ2v) is 4.78. The average molecular weight is 252 g/mol. The Morgan fingerprint density at radius 1 is 1.53 bits per heavy atom. The number of fused-ring (bicyclic) bond motifs is 1. The van der Waals surface area contributed by atoms with Crippen molar-refractivity contribution in [2.75, 3.05) is 0 Å². The molecule has 17 heavy (non-hydrogen) atoms. The van der Waals surface area contributed by atoms with Gasteiger partial charge in [-0.05, 0) is 25.5 Å². The van der Waals surface area contributed by atoms with Crippen LogP contribution in [-0.4, -0.2) is 11.3 Å². The van der Waals surface area contributed by atoms with Crippen molar-refractivity contribution in [3.05, 3.63) is 35.0 Å². The molecule has 3 nitrogen and oxygen atoms in total. The molecule has 1 atom stereocenters. The number of para-hydroxylation sites is 1. The number of nitrogens with two attached hydrogens (primary N) is 1. The van der Waals surface area contributed by atoms with Crippen LogP contribution in [0.3, 0.4) is 0 Å². The van der Waals surface area contributed by atoms with Gasteiger partial charge in [-0.15, -0.1) is 0 Å². The van der Waals surface area contributed by atoms with Crippen molar-refractivity contribution in [1.82, 2.24) is 0 Å². The van der Waals surface area contributed by atoms with Gasteiger partial charge in [-0.1, -0.05) is 30.7 Å². The molecule has 1 aromatic carbocycles. The van der Waals surface area contributed by atoms with Crippen LogP contribution >= 0.6 is 11.6 Å². The molecule has 0 aliphatic carbocycles. The molecule has 2 rings (SSSR count). The SMILES string of the molecule is CCC(C)(N)C(=O)c1cc2cccc(Cl)c2o1. The fourth-order valence-electron chi connectivity index (χ4n) is 1.58. The highest BCUT2D eigenvalue weighted by Gasteiger charge is 2.30. The van der Waals surface area contributed by atoms with Crippen LogP contribution in [0.1, 0.15) is 30.8 Å². The predicted octanol–water partition coefficient (Wildman–Crippen LogP) is 3.40. The molecule has 0 radical (unpaired) electrons. The van der Waals surface area contributed by atoms with Crippen LogP contribution in [0.15, 0.2) is 28.7 Å². The first kappa shape index (κ1) is 12.1. The minimum Gasteiger partial charge on any atom is -0.451 e. The number of ketones is 1. The van der Waals surface area contributed by atoms with Crippen LogP contribution in [0.5, 0.6) is 0 Å². The summed E-state index contributed by atoms with van der Waals surface area (Å²) in [6, 6.07) is 7.07. The summed E-state index contributed by atoms with van der Waals surface area (Å²) in [5.41, 5.74) is 5.54. The second-order valence-electron chi connectivity index (χ2n) is 4.37. The number of hydrogen-bond donors (Lipinski definition) is 1. The molecule has 1 unspecified atom stereocenters. The van der Waals surface area contributed by atoms with Crippen molar-refractivity contribution in [1.29, 1.82) is 0 Å². The maximum Gasteiger partial charge on any atom is 0.217 e. The maximum atomic E-state index is 12.1. The summed E-state index contributed by atoms with van der Waals surface area (Å²) in [4.78, 5) is 12.1. The Balaban J connectivity index is 2.51. The zero-order chi connectivity index (χ0) is 12.6. The molecule has 90 valence electrons. The number of furan rings is 1. The number of hydrogen-bond acceptors (Lipinski definition) is 3. The Bertz CT molecular complexity index is 572. The van der Waals surface area contributed by atoms with Crippen molar-refractivity contribution in [2.45, 2.75) is 25.8 Å². The highest BCUT2D eigenvalue weighted by atomic mass is 35.5. The fourth-order valence-corrected chi connectivity index (χ4v) is 1.80. The smallest absolute Gasteiger partial charge is 0.217 e. The van der Waals surface area contributed by atoms with Gasteiger partial charge in [-0.2, -0.15) is 0 Å². The number of benzene rings is 1. The van der Waals surface area contributed by atoms with E-state index in [-0.39, 0.29) is 11.5 Å². The predicted molar refractivity (Wildman–Crippen MR) is 68.4 cm³/mol. The standard InChI is InChI=1S/C13H14ClNO2/c1-3-13(2,15)12(16)10-7-8-5-4-6-9(14)11(8)17-10/h4-7H,3,15H2,1-2H3. The van der Waals surface area contributed by atoms with E-state index in [2.05, 4.69) is 0 Å². The minimum atomic E-state index is -0.902. The number of rotatable bonds is 3. The number of carbonyl (C=O) groups excluding carboxylic acids is 1. The summed E-state index contributed by atoms with van der Waals surface area (Å²) in [7, 11) is 0. The van der Waals surface area contributed by atoms with Crippen LogP contribution in [0.25, 0.3) is 11.0 Å². The van der Waals surface area contributed by atoms with Gasteiger partial charge in [0.2, 0.25) is 5.78 Å². The van der Waals surface area contributed by atoms with Gasteiger partial charge >= 0.3 is 0 Å². The Kier molecular flexibility index (Phi) is 2.98. The van der Waals surface area contributed by atoms with E-state index in [1.54, 1.807) is 19.1 Å². The quantitative estimate of drug-likeness (QED) is 0.851. The molecule has 0 saturated carbocycles. The van der Waals surface area contributed by atoms with Crippen molar-refractivity contribution in [3.8, 4) is 0 Å². The van der Waals surface area contributed by atoms with Gasteiger partial charge in [0, 0.05) is 5.39 Å². The first-order chi connectivity index (χ1) is 7.95. The van der Waals surface area contributed by atoms with Crippen LogP contribution in [0.4, 0.5) is 0 Å². The van der Waals surface area contributed by atoms with Crippen LogP contribution in [0, 0.1) is 0 Å². The van der Waals surface area contributed by atoms with Crippen molar-refractivity contribution in [3.63, 3.8) is 0 Å². The van der Waals surface area contributed by atoms with Crippen molar-refractivity contribution >= 4 is 28.4 Å². The van der Waals surface area contributed by atoms with Crippen LogP contribution in [0.2, 0.25) is 5.02 Å². The minimum absolute atomic E-state index is 0.202. The Morgan fingerprint density at radius 2 is 2.24 bits per heavy atom. The van der Waals surface area contributed by atoms with Gasteiger partial charge < -0.3 is 10.2 Å². The van der Waals surface area contributed by atoms with E-state index in [4.69, 9.17) is 21.8 Å². The summed E-state index contributed by atoms with van der Waals surface area (Å²) in [6.45, 7) is 3.57. The van der Waals surface area contributed by atoms with Gasteiger partial charge in [0.1, 0.15) is 0 Å². The zero-order valence-corrected chi connectivity index (χ0v) is 10.5. The van der Waals surface area contributed by atoms with Gasteiger partial charge in [-0.25, -0.2) is 0 Å². The topological polar surface area (TPSA) is 56.2 Å². The van der Waals surface area contributed by atoms with E-state index in [0.717, 1.165) is 5.39 Å². The third-order valence-corrected chi connectivity index (χ3v) is 3.27. The molecule has 0 aliphatic heterocycles. The van der Waals surface area contributed by atoms with Gasteiger partial charge in [0.25, 0.3) is 0 Å². The van der Waals surface area contributed by atoms with Crippen LogP contribution < -0.4 is 5.73 Å². The molecule has 1 heterocycles. The summed E-state index contributed by atoms with van der Waals surface area (Å²) in [6.07, 6.45) is 0.552. The normalized spacial score (nSPS) is 14.8. The number of Topliss-reactive ketones (excluding diaryl/α,β-unsaturated/α-hetero) is 1. The van der Waals surface area contributed by atoms with E-state index in [1.807, 2.05) is 19.1 Å². The Hall–Kier alpha value is -1.32. The molecule has 0 fully saturated rings. The maximum absolute atomic E-state index is 12.1. The van der Waals surface area contributed by atoms with Gasteiger partial charge in [0.15, 0.2) is 11.3 Å². The van der Waals surface area contributed by atoms with Crippen molar-refractivity contribution < 1.29 is 9.21 Å². The number of halogens is 1. The monoisotopic (exact) mass is 251 g/mol. The highest BCUT2D eigenvalue weighted by molar-refractivity contribution is 6.34. The molecule has 0 bridgehead atoms. The van der Waals surface area contributed by atoms with Gasteiger partial charge in [-0.3, -0.25) is 4.79 Å². The third-order valence-electron chi connectivity index (χ3n) is 2.97. The second kappa shape index (κ2) is 4.17. The summed E-state index contributed by atoms with van der Waals surface area (Å²) in [5, 5.41) is 1.31. The van der Waals surface area contributed by atoms with E-state index in [0.29, 0.717) is 17.0 Å². The lowest BCUT2D eigenvalue weighted by Gasteiger charge is -2.18. The van der Waals surface area contributed by atoms with Crippen LogP contribution in [-0.2, 0) is 0 Å². The molecule has 4 heteroatoms. The summed E-state index contributed by atoms with van der Waals surface area (Å²) < 4.78 is 5.49. The largest absolute Gasteiger partial charge is 0.451 e. The molecule has 2 N–H and O–H groups in total. The highest BCUT2D eigenvalue weighted by Crippen LogP contribution is 2.28. The molecular weight excluding hydrogens is 238 g/mol. The summed E-state index contributed by atoms with van der Waals surface area (Å²) in [5.74, 6) is 0.0622. The molecule has 0 saturated heterocycles. The third kappa shape index (κ3) is 2.08. The first-order valence-electron chi connectivity index (χ1n) is 5.47. The van der Waals surface area contributed by atoms with E-state index < -0.39 is 5.54 Å². The van der Waals surface area contributed by atoms with Gasteiger partial charge in [0.05, 0.1) is 10.6 Å². The molecule has 0 aliphatic rings. The van der Waals surface area contributed by atoms with Crippen molar-refractivity contribution in [2.24, 2.45) is 5.73 Å². The lowest BCUT2D eigenvalue weighted by molar-refractivity contribution is 0.0871. The van der Waals surface area contributed by atoms with E-state index in [1.165, 1.54) is 0 Å². The first-order valence-corrected chi connectivity index (χ1v) is 5.85. The molecule has 1 aromatic heterocycles. The lowest BCUT2D eigenvalue weighted by Crippen LogP contribution is -2.44. The molecule has 2 aromatic rings. The van der Waals surface area contributed by atoms with E-state index >= 15 is 0 Å². The van der Waals surface area contributed by atoms with E-state index in [9.17, 15) is 4.79 Å². The zero-order valence-electron chi connectivity index (χ0n) is 9.79. The Labute approximate surface area is 105 Å². The average Bonchev–Trinajstić information content (AvgIpc) is 2.73. The fraction of sp³-hybridized carbons (Fsp3) is 0.308. The Morgan fingerprint density at radius 3 is 2.82 bits per heavy atom. The summed E-state index contributed by atoms with van der Waals surface area (Å²) >= 11 is 5.99. The lowest BCUT2D eigenvalue weighted by atomic mass is 9.93. The molecule has 0 amide bonds. The molecule has 0 spiro atoms.